The molecule has 0 saturated carbocycles. The molecule has 1 N–H and O–H groups in total. The van der Waals surface area contributed by atoms with Crippen molar-refractivity contribution in [3.05, 3.63) is 67.9 Å². The molecule has 0 saturated heterocycles. The van der Waals surface area contributed by atoms with Crippen molar-refractivity contribution in [2.45, 2.75) is 6.92 Å². The normalized spacial score (nSPS) is 10.2. The minimum absolute atomic E-state index is 0.0845. The lowest BCUT2D eigenvalue weighted by atomic mass is 10.1. The second-order valence-electron chi connectivity index (χ2n) is 4.34. The van der Waals surface area contributed by atoms with E-state index in [1.165, 1.54) is 30.3 Å². The highest BCUT2D eigenvalue weighted by molar-refractivity contribution is 9.10. The standard InChI is InChI=1S/C14H10BrFN2O3/c1-8-6-10(18(20)21)3-4-11(8)14(19)17-9-2-5-12(15)13(16)7-9/h2-7H,1H3,(H,17,19). The molecule has 5 nitrogen and oxygen atoms in total. The molecule has 2 rings (SSSR count). The molecule has 2 aromatic carbocycles. The number of carbonyl (C=O) groups is 1. The van der Waals surface area contributed by atoms with Gasteiger partial charge in [-0.05, 0) is 52.7 Å². The molecule has 0 unspecified atom stereocenters. The summed E-state index contributed by atoms with van der Waals surface area (Å²) in [4.78, 5) is 22.2. The summed E-state index contributed by atoms with van der Waals surface area (Å²) in [6.45, 7) is 1.60. The van der Waals surface area contributed by atoms with Gasteiger partial charge in [0.2, 0.25) is 0 Å². The van der Waals surface area contributed by atoms with Crippen LogP contribution >= 0.6 is 15.9 Å². The summed E-state index contributed by atoms with van der Waals surface area (Å²) in [5.74, 6) is -0.947. The first kappa shape index (κ1) is 15.1. The van der Waals surface area contributed by atoms with Gasteiger partial charge >= 0.3 is 0 Å². The highest BCUT2D eigenvalue weighted by Crippen LogP contribution is 2.21. The van der Waals surface area contributed by atoms with Crippen LogP contribution < -0.4 is 5.32 Å². The number of anilines is 1. The van der Waals surface area contributed by atoms with Gasteiger partial charge in [0.1, 0.15) is 5.82 Å². The number of rotatable bonds is 3. The fourth-order valence-electron chi connectivity index (χ4n) is 1.79. The van der Waals surface area contributed by atoms with E-state index >= 15 is 0 Å². The molecule has 7 heteroatoms. The molecular weight excluding hydrogens is 343 g/mol. The molecule has 2 aromatic rings. The molecule has 0 atom stereocenters. The van der Waals surface area contributed by atoms with Crippen molar-refractivity contribution in [3.63, 3.8) is 0 Å². The summed E-state index contributed by atoms with van der Waals surface area (Å²) in [5.41, 5.74) is 0.986. The van der Waals surface area contributed by atoms with E-state index in [2.05, 4.69) is 21.2 Å². The first-order valence-electron chi connectivity index (χ1n) is 5.90. The van der Waals surface area contributed by atoms with Crippen molar-refractivity contribution in [1.29, 1.82) is 0 Å². The van der Waals surface area contributed by atoms with Crippen LogP contribution in [0, 0.1) is 22.9 Å². The van der Waals surface area contributed by atoms with Crippen LogP contribution in [-0.2, 0) is 0 Å². The van der Waals surface area contributed by atoms with Crippen molar-refractivity contribution in [2.24, 2.45) is 0 Å². The van der Waals surface area contributed by atoms with Crippen molar-refractivity contribution < 1.29 is 14.1 Å². The number of aryl methyl sites for hydroxylation is 1. The number of benzene rings is 2. The van der Waals surface area contributed by atoms with E-state index in [9.17, 15) is 19.3 Å². The lowest BCUT2D eigenvalue weighted by Crippen LogP contribution is -2.13. The lowest BCUT2D eigenvalue weighted by molar-refractivity contribution is -0.384. The third-order valence-electron chi connectivity index (χ3n) is 2.84. The maximum atomic E-state index is 13.4. The summed E-state index contributed by atoms with van der Waals surface area (Å²) >= 11 is 3.02. The van der Waals surface area contributed by atoms with Gasteiger partial charge in [-0.1, -0.05) is 0 Å². The van der Waals surface area contributed by atoms with Crippen molar-refractivity contribution in [2.75, 3.05) is 5.32 Å². The van der Waals surface area contributed by atoms with Gasteiger partial charge in [0, 0.05) is 23.4 Å². The van der Waals surface area contributed by atoms with Crippen molar-refractivity contribution in [1.82, 2.24) is 0 Å². The minimum Gasteiger partial charge on any atom is -0.322 e. The third kappa shape index (κ3) is 3.43. The highest BCUT2D eigenvalue weighted by Gasteiger charge is 2.14. The number of carbonyl (C=O) groups excluding carboxylic acids is 1. The number of nitrogens with zero attached hydrogens (tertiary/aromatic N) is 1. The highest BCUT2D eigenvalue weighted by atomic mass is 79.9. The zero-order chi connectivity index (χ0) is 15.6. The van der Waals surface area contributed by atoms with E-state index in [0.717, 1.165) is 0 Å². The molecule has 0 bridgehead atoms. The maximum Gasteiger partial charge on any atom is 0.269 e. The average Bonchev–Trinajstić information content (AvgIpc) is 2.42. The Kier molecular flexibility index (Phi) is 4.32. The second kappa shape index (κ2) is 6.01. The van der Waals surface area contributed by atoms with Crippen LogP contribution in [0.4, 0.5) is 15.8 Å². The largest absolute Gasteiger partial charge is 0.322 e. The topological polar surface area (TPSA) is 72.2 Å². The van der Waals surface area contributed by atoms with Crippen LogP contribution in [-0.4, -0.2) is 10.8 Å². The van der Waals surface area contributed by atoms with Crippen LogP contribution in [0.3, 0.4) is 0 Å². The van der Waals surface area contributed by atoms with E-state index < -0.39 is 16.6 Å². The maximum absolute atomic E-state index is 13.4. The quantitative estimate of drug-likeness (QED) is 0.668. The number of hydrogen-bond acceptors (Lipinski definition) is 3. The first-order chi connectivity index (χ1) is 9.88. The molecule has 108 valence electrons. The van der Waals surface area contributed by atoms with Gasteiger partial charge in [-0.25, -0.2) is 4.39 Å². The Morgan fingerprint density at radius 2 is 2.00 bits per heavy atom. The zero-order valence-corrected chi connectivity index (χ0v) is 12.5. The molecular formula is C14H10BrFN2O3. The average molecular weight is 353 g/mol. The molecule has 1 amide bonds. The summed E-state index contributed by atoms with van der Waals surface area (Å²) in [7, 11) is 0. The zero-order valence-electron chi connectivity index (χ0n) is 10.9. The first-order valence-corrected chi connectivity index (χ1v) is 6.69. The Morgan fingerprint density at radius 3 is 2.57 bits per heavy atom. The smallest absolute Gasteiger partial charge is 0.269 e. The van der Waals surface area contributed by atoms with Gasteiger partial charge in [-0.3, -0.25) is 14.9 Å². The molecule has 0 fully saturated rings. The Hall–Kier alpha value is -2.28. The Bertz CT molecular complexity index is 734. The predicted molar refractivity (Wildman–Crippen MR) is 79.9 cm³/mol. The summed E-state index contributed by atoms with van der Waals surface area (Å²) in [6, 6.07) is 8.15. The van der Waals surface area contributed by atoms with E-state index in [-0.39, 0.29) is 5.69 Å². The molecule has 0 spiro atoms. The summed E-state index contributed by atoms with van der Waals surface area (Å²) < 4.78 is 13.7. The number of amides is 1. The predicted octanol–water partition coefficient (Wildman–Crippen LogP) is 4.06. The Morgan fingerprint density at radius 1 is 1.29 bits per heavy atom. The minimum atomic E-state index is -0.529. The molecule has 0 aliphatic carbocycles. The number of non-ortho nitro benzene ring substituents is 1. The lowest BCUT2D eigenvalue weighted by Gasteiger charge is -2.08. The number of halogens is 2. The Balaban J connectivity index is 2.24. The molecule has 0 aliphatic heterocycles. The van der Waals surface area contributed by atoms with Crippen molar-refractivity contribution >= 4 is 33.2 Å². The number of hydrogen-bond donors (Lipinski definition) is 1. The van der Waals surface area contributed by atoms with Gasteiger partial charge < -0.3 is 5.32 Å². The molecule has 21 heavy (non-hydrogen) atoms. The van der Waals surface area contributed by atoms with Crippen molar-refractivity contribution in [3.8, 4) is 0 Å². The SMILES string of the molecule is Cc1cc([N+](=O)[O-])ccc1C(=O)Nc1ccc(Br)c(F)c1. The number of nitro benzene ring substituents is 1. The van der Waals surface area contributed by atoms with Crippen LogP contribution in [0.1, 0.15) is 15.9 Å². The van der Waals surface area contributed by atoms with E-state index in [1.54, 1.807) is 13.0 Å². The number of nitrogens with one attached hydrogen (secondary N) is 1. The van der Waals surface area contributed by atoms with Crippen LogP contribution in [0.15, 0.2) is 40.9 Å². The number of nitro groups is 1. The Labute approximate surface area is 128 Å². The fraction of sp³-hybridized carbons (Fsp3) is 0.0714. The monoisotopic (exact) mass is 352 g/mol. The van der Waals surface area contributed by atoms with E-state index in [0.29, 0.717) is 21.3 Å². The van der Waals surface area contributed by atoms with Gasteiger partial charge in [0.25, 0.3) is 11.6 Å². The van der Waals surface area contributed by atoms with Gasteiger partial charge in [0.15, 0.2) is 0 Å². The van der Waals surface area contributed by atoms with E-state index in [1.807, 2.05) is 0 Å². The molecule has 0 radical (unpaired) electrons. The summed E-state index contributed by atoms with van der Waals surface area (Å²) in [6.07, 6.45) is 0. The van der Waals surface area contributed by atoms with E-state index in [4.69, 9.17) is 0 Å². The van der Waals surface area contributed by atoms with Gasteiger partial charge in [0.05, 0.1) is 9.40 Å². The molecule has 0 aromatic heterocycles. The third-order valence-corrected chi connectivity index (χ3v) is 3.49. The van der Waals surface area contributed by atoms with Gasteiger partial charge in [-0.15, -0.1) is 0 Å². The van der Waals surface area contributed by atoms with Crippen LogP contribution in [0.5, 0.6) is 0 Å². The molecule has 0 heterocycles. The van der Waals surface area contributed by atoms with Gasteiger partial charge in [-0.2, -0.15) is 0 Å². The summed E-state index contributed by atoms with van der Waals surface area (Å²) in [5, 5.41) is 13.2. The van der Waals surface area contributed by atoms with Crippen LogP contribution in [0.25, 0.3) is 0 Å². The second-order valence-corrected chi connectivity index (χ2v) is 5.19. The fourth-order valence-corrected chi connectivity index (χ4v) is 2.04. The molecule has 0 aliphatic rings. The van der Waals surface area contributed by atoms with Crippen LogP contribution in [0.2, 0.25) is 0 Å².